The Morgan fingerprint density at radius 3 is 2.75 bits per heavy atom. The summed E-state index contributed by atoms with van der Waals surface area (Å²) in [5, 5.41) is 9.80. The van der Waals surface area contributed by atoms with Crippen LogP contribution in [0.2, 0.25) is 0 Å². The minimum atomic E-state index is -0.245. The number of nitrogens with two attached hydrogens (primary N) is 1. The molecule has 2 bridgehead atoms. The third kappa shape index (κ3) is 2.47. The molecule has 0 saturated carbocycles. The van der Waals surface area contributed by atoms with Gasteiger partial charge in [0.05, 0.1) is 22.4 Å². The van der Waals surface area contributed by atoms with Crippen LogP contribution in [0.1, 0.15) is 40.2 Å². The molecule has 2 atom stereocenters. The number of piperidine rings is 1. The van der Waals surface area contributed by atoms with E-state index in [0.717, 1.165) is 22.6 Å². The maximum atomic E-state index is 12.6. The normalized spacial score (nSPS) is 28.1. The fraction of sp³-hybridized carbons (Fsp3) is 0.533. The maximum absolute atomic E-state index is 12.6. The van der Waals surface area contributed by atoms with Crippen LogP contribution >= 0.6 is 11.3 Å². The van der Waals surface area contributed by atoms with E-state index in [4.69, 9.17) is 5.73 Å². The number of nitrogens with zero attached hydrogens (tertiary/aromatic N) is 1. The van der Waals surface area contributed by atoms with Crippen LogP contribution < -0.4 is 5.73 Å². The molecule has 1 amide bonds. The van der Waals surface area contributed by atoms with Crippen LogP contribution in [-0.2, 0) is 0 Å². The number of hydrogen-bond acceptors (Lipinski definition) is 4. The summed E-state index contributed by atoms with van der Waals surface area (Å²) in [7, 11) is 0. The van der Waals surface area contributed by atoms with Crippen molar-refractivity contribution < 1.29 is 9.90 Å². The Labute approximate surface area is 122 Å². The van der Waals surface area contributed by atoms with Gasteiger partial charge in [0.1, 0.15) is 0 Å². The lowest BCUT2D eigenvalue weighted by Gasteiger charge is -2.36. The van der Waals surface area contributed by atoms with Crippen molar-refractivity contribution in [3.8, 4) is 11.8 Å². The molecular weight excluding hydrogens is 272 g/mol. The molecule has 3 N–H and O–H groups in total. The summed E-state index contributed by atoms with van der Waals surface area (Å²) in [6.07, 6.45) is 3.21. The summed E-state index contributed by atoms with van der Waals surface area (Å²) < 4.78 is 0. The molecule has 1 aromatic rings. The summed E-state index contributed by atoms with van der Waals surface area (Å²) >= 11 is 1.42. The minimum absolute atomic E-state index is 0.0928. The van der Waals surface area contributed by atoms with Crippen LogP contribution in [-0.4, -0.2) is 40.6 Å². The molecule has 3 rings (SSSR count). The zero-order valence-electron chi connectivity index (χ0n) is 11.2. The number of aliphatic hydroxyl groups excluding tert-OH is 1. The van der Waals surface area contributed by atoms with Gasteiger partial charge in [-0.2, -0.15) is 0 Å². The van der Waals surface area contributed by atoms with Crippen molar-refractivity contribution in [1.82, 2.24) is 4.90 Å². The molecule has 0 radical (unpaired) electrons. The van der Waals surface area contributed by atoms with E-state index < -0.39 is 0 Å². The third-order valence-corrected chi connectivity index (χ3v) is 5.06. The fourth-order valence-electron chi connectivity index (χ4n) is 3.27. The van der Waals surface area contributed by atoms with Crippen molar-refractivity contribution in [2.45, 2.75) is 43.9 Å². The molecule has 4 nitrogen and oxygen atoms in total. The van der Waals surface area contributed by atoms with E-state index in [-0.39, 0.29) is 24.1 Å². The summed E-state index contributed by atoms with van der Waals surface area (Å²) in [5.74, 6) is 5.86. The Morgan fingerprint density at radius 1 is 1.40 bits per heavy atom. The van der Waals surface area contributed by atoms with Crippen molar-refractivity contribution >= 4 is 17.2 Å². The molecule has 0 aromatic carbocycles. The van der Waals surface area contributed by atoms with Crippen LogP contribution in [0.3, 0.4) is 0 Å². The number of aliphatic hydroxyl groups is 1. The van der Waals surface area contributed by atoms with Gasteiger partial charge in [0.15, 0.2) is 0 Å². The van der Waals surface area contributed by atoms with Crippen LogP contribution in [0.25, 0.3) is 0 Å². The molecule has 20 heavy (non-hydrogen) atoms. The highest BCUT2D eigenvalue weighted by Gasteiger charge is 2.43. The average Bonchev–Trinajstić information content (AvgIpc) is 2.99. The second-order valence-electron chi connectivity index (χ2n) is 5.39. The van der Waals surface area contributed by atoms with Gasteiger partial charge < -0.3 is 15.7 Å². The molecule has 3 heterocycles. The number of carbonyl (C=O) groups excluding carboxylic acids is 1. The van der Waals surface area contributed by atoms with Crippen molar-refractivity contribution in [2.24, 2.45) is 5.73 Å². The molecule has 0 spiro atoms. The van der Waals surface area contributed by atoms with Crippen LogP contribution in [0, 0.1) is 11.8 Å². The number of amides is 1. The molecule has 106 valence electrons. The third-order valence-electron chi connectivity index (χ3n) is 4.07. The van der Waals surface area contributed by atoms with Gasteiger partial charge in [-0.15, -0.1) is 11.3 Å². The summed E-state index contributed by atoms with van der Waals surface area (Å²) in [6.45, 7) is 0.329. The number of rotatable bonds is 1. The number of carbonyl (C=O) groups is 1. The van der Waals surface area contributed by atoms with Crippen LogP contribution in [0.5, 0.6) is 0 Å². The van der Waals surface area contributed by atoms with E-state index in [1.807, 2.05) is 17.0 Å². The Hall–Kier alpha value is -1.35. The Bertz CT molecular complexity index is 558. The second kappa shape index (κ2) is 5.57. The van der Waals surface area contributed by atoms with Crippen LogP contribution in [0.15, 0.2) is 12.1 Å². The van der Waals surface area contributed by atoms with E-state index in [9.17, 15) is 9.90 Å². The molecule has 2 unspecified atom stereocenters. The van der Waals surface area contributed by atoms with E-state index in [1.54, 1.807) is 0 Å². The fourth-order valence-corrected chi connectivity index (χ4v) is 4.09. The lowest BCUT2D eigenvalue weighted by atomic mass is 10.00. The molecular formula is C15H18N2O2S. The predicted octanol–water partition coefficient (Wildman–Crippen LogP) is 1.19. The summed E-state index contributed by atoms with van der Waals surface area (Å²) in [5.41, 5.74) is 5.35. The molecule has 0 aliphatic carbocycles. The first-order valence-corrected chi connectivity index (χ1v) is 7.80. The first-order chi connectivity index (χ1) is 9.69. The lowest BCUT2D eigenvalue weighted by Crippen LogP contribution is -2.47. The first kappa shape index (κ1) is 13.6. The van der Waals surface area contributed by atoms with Gasteiger partial charge in [0, 0.05) is 12.1 Å². The highest BCUT2D eigenvalue weighted by atomic mass is 32.1. The smallest absolute Gasteiger partial charge is 0.264 e. The monoisotopic (exact) mass is 290 g/mol. The lowest BCUT2D eigenvalue weighted by molar-refractivity contribution is 0.0290. The minimum Gasteiger partial charge on any atom is -0.393 e. The topological polar surface area (TPSA) is 66.6 Å². The van der Waals surface area contributed by atoms with E-state index in [1.165, 1.54) is 11.3 Å². The summed E-state index contributed by atoms with van der Waals surface area (Å²) in [6, 6.07) is 4.13. The van der Waals surface area contributed by atoms with Gasteiger partial charge >= 0.3 is 0 Å². The number of fused-ring (bicyclic) bond motifs is 2. The van der Waals surface area contributed by atoms with E-state index in [0.29, 0.717) is 19.4 Å². The predicted molar refractivity (Wildman–Crippen MR) is 78.5 cm³/mol. The first-order valence-electron chi connectivity index (χ1n) is 6.98. The molecule has 2 fully saturated rings. The maximum Gasteiger partial charge on any atom is 0.264 e. The summed E-state index contributed by atoms with van der Waals surface area (Å²) in [4.78, 5) is 16.2. The number of thiophene rings is 1. The molecule has 2 aliphatic heterocycles. The highest BCUT2D eigenvalue weighted by molar-refractivity contribution is 7.14. The van der Waals surface area contributed by atoms with Gasteiger partial charge in [-0.25, -0.2) is 0 Å². The largest absolute Gasteiger partial charge is 0.393 e. The molecule has 2 aliphatic rings. The SMILES string of the molecule is NCC#Cc1ccc(C(=O)N2C3CCC2CC(O)C3)s1. The molecule has 5 heteroatoms. The average molecular weight is 290 g/mol. The van der Waals surface area contributed by atoms with Crippen molar-refractivity contribution in [3.63, 3.8) is 0 Å². The quantitative estimate of drug-likeness (QED) is 0.763. The number of hydrogen-bond donors (Lipinski definition) is 2. The standard InChI is InChI=1S/C15H18N2O2S/c16-7-1-2-13-5-6-14(20-13)15(19)17-10-3-4-11(17)9-12(18)8-10/h5-6,10-12,18H,3-4,7-9,16H2. The van der Waals surface area contributed by atoms with Gasteiger partial charge in [0.2, 0.25) is 0 Å². The van der Waals surface area contributed by atoms with Crippen molar-refractivity contribution in [3.05, 3.63) is 21.9 Å². The van der Waals surface area contributed by atoms with Crippen LogP contribution in [0.4, 0.5) is 0 Å². The molecule has 2 saturated heterocycles. The van der Waals surface area contributed by atoms with E-state index >= 15 is 0 Å². The zero-order valence-corrected chi connectivity index (χ0v) is 12.0. The Balaban J connectivity index is 1.78. The van der Waals surface area contributed by atoms with Gasteiger partial charge in [-0.3, -0.25) is 4.79 Å². The highest BCUT2D eigenvalue weighted by Crippen LogP contribution is 2.37. The molecule has 1 aromatic heterocycles. The Kier molecular flexibility index (Phi) is 3.79. The Morgan fingerprint density at radius 2 is 2.10 bits per heavy atom. The van der Waals surface area contributed by atoms with Gasteiger partial charge in [-0.1, -0.05) is 11.8 Å². The van der Waals surface area contributed by atoms with Crippen molar-refractivity contribution in [2.75, 3.05) is 6.54 Å². The second-order valence-corrected chi connectivity index (χ2v) is 6.48. The van der Waals surface area contributed by atoms with Crippen molar-refractivity contribution in [1.29, 1.82) is 0 Å². The zero-order chi connectivity index (χ0) is 14.1. The van der Waals surface area contributed by atoms with Gasteiger partial charge in [-0.05, 0) is 37.8 Å². The van der Waals surface area contributed by atoms with Gasteiger partial charge in [0.25, 0.3) is 5.91 Å². The van der Waals surface area contributed by atoms with E-state index in [2.05, 4.69) is 11.8 Å².